The number of piperidine rings is 1. The molecule has 0 aliphatic carbocycles. The van der Waals surface area contributed by atoms with Crippen molar-refractivity contribution in [2.24, 2.45) is 0 Å². The molecule has 0 aromatic heterocycles. The highest BCUT2D eigenvalue weighted by Gasteiger charge is 2.32. The molecule has 0 bridgehead atoms. The van der Waals surface area contributed by atoms with Crippen molar-refractivity contribution in [3.8, 4) is 5.75 Å². The van der Waals surface area contributed by atoms with E-state index in [-0.39, 0.29) is 28.9 Å². The average Bonchev–Trinajstić information content (AvgIpc) is 2.79. The van der Waals surface area contributed by atoms with E-state index in [9.17, 15) is 16.8 Å². The molecule has 0 amide bonds. The van der Waals surface area contributed by atoms with Crippen molar-refractivity contribution in [2.45, 2.75) is 28.7 Å². The maximum Gasteiger partial charge on any atom is 0.243 e. The largest absolute Gasteiger partial charge is 0.496 e. The van der Waals surface area contributed by atoms with Gasteiger partial charge in [0.1, 0.15) is 5.75 Å². The maximum atomic E-state index is 13.4. The SMILES string of the molecule is COc1ccc(S(=O)(=O)N2CCC(NS(=O)(=O)c3ccccc3)CC2)c2ccccc12. The summed E-state index contributed by atoms with van der Waals surface area (Å²) in [7, 11) is -5.81. The van der Waals surface area contributed by atoms with Gasteiger partial charge >= 0.3 is 0 Å². The van der Waals surface area contributed by atoms with Gasteiger partial charge in [-0.3, -0.25) is 0 Å². The fourth-order valence-corrected chi connectivity index (χ4v) is 6.88. The number of benzene rings is 3. The first-order valence-electron chi connectivity index (χ1n) is 9.96. The molecule has 3 aromatic carbocycles. The van der Waals surface area contributed by atoms with Gasteiger partial charge in [0.05, 0.1) is 16.9 Å². The van der Waals surface area contributed by atoms with E-state index in [1.807, 2.05) is 12.1 Å². The van der Waals surface area contributed by atoms with Gasteiger partial charge < -0.3 is 4.74 Å². The number of sulfonamides is 2. The first kappa shape index (κ1) is 21.8. The lowest BCUT2D eigenvalue weighted by atomic mass is 10.1. The Bertz CT molecular complexity index is 1280. The van der Waals surface area contributed by atoms with Crippen LogP contribution in [-0.2, 0) is 20.0 Å². The fourth-order valence-electron chi connectivity index (χ4n) is 3.89. The molecule has 1 N–H and O–H groups in total. The third-order valence-electron chi connectivity index (χ3n) is 5.51. The molecule has 1 aliphatic heterocycles. The Morgan fingerprint density at radius 1 is 0.839 bits per heavy atom. The zero-order valence-corrected chi connectivity index (χ0v) is 18.7. The number of rotatable bonds is 6. The van der Waals surface area contributed by atoms with Gasteiger partial charge in [-0.2, -0.15) is 4.31 Å². The van der Waals surface area contributed by atoms with Crippen LogP contribution in [-0.4, -0.2) is 47.4 Å². The first-order valence-corrected chi connectivity index (χ1v) is 12.9. The molecule has 0 atom stereocenters. The minimum atomic E-state index is -3.73. The molecule has 0 spiro atoms. The average molecular weight is 461 g/mol. The predicted octanol–water partition coefficient (Wildman–Crippen LogP) is 2.98. The van der Waals surface area contributed by atoms with Gasteiger partial charge in [0.25, 0.3) is 0 Å². The third kappa shape index (κ3) is 4.31. The van der Waals surface area contributed by atoms with Crippen molar-refractivity contribution in [3.05, 3.63) is 66.7 Å². The molecule has 1 saturated heterocycles. The molecule has 0 radical (unpaired) electrons. The van der Waals surface area contributed by atoms with Crippen LogP contribution in [0.4, 0.5) is 0 Å². The van der Waals surface area contributed by atoms with Crippen LogP contribution in [0.2, 0.25) is 0 Å². The van der Waals surface area contributed by atoms with Crippen LogP contribution in [0, 0.1) is 0 Å². The number of ether oxygens (including phenoxy) is 1. The second kappa shape index (κ2) is 8.58. The summed E-state index contributed by atoms with van der Waals surface area (Å²) in [6.07, 6.45) is 0.804. The van der Waals surface area contributed by atoms with Crippen LogP contribution >= 0.6 is 0 Å². The number of nitrogens with one attached hydrogen (secondary N) is 1. The molecule has 0 unspecified atom stereocenters. The lowest BCUT2D eigenvalue weighted by Crippen LogP contribution is -2.46. The van der Waals surface area contributed by atoms with Crippen molar-refractivity contribution >= 4 is 30.8 Å². The Morgan fingerprint density at radius 3 is 2.10 bits per heavy atom. The first-order chi connectivity index (χ1) is 14.8. The molecule has 1 aliphatic rings. The molecular formula is C22H24N2O5S2. The summed E-state index contributed by atoms with van der Waals surface area (Å²) in [5.41, 5.74) is 0. The lowest BCUT2D eigenvalue weighted by Gasteiger charge is -2.31. The van der Waals surface area contributed by atoms with Crippen molar-refractivity contribution in [2.75, 3.05) is 20.2 Å². The molecule has 0 saturated carbocycles. The number of fused-ring (bicyclic) bond motifs is 1. The molecule has 164 valence electrons. The van der Waals surface area contributed by atoms with Gasteiger partial charge in [0.2, 0.25) is 20.0 Å². The molecule has 31 heavy (non-hydrogen) atoms. The van der Waals surface area contributed by atoms with Gasteiger partial charge in [-0.25, -0.2) is 21.6 Å². The monoisotopic (exact) mass is 460 g/mol. The summed E-state index contributed by atoms with van der Waals surface area (Å²) < 4.78 is 61.3. The number of hydrogen-bond donors (Lipinski definition) is 1. The Hall–Kier alpha value is -2.46. The third-order valence-corrected chi connectivity index (χ3v) is 9.00. The molecule has 1 heterocycles. The van der Waals surface area contributed by atoms with Crippen molar-refractivity contribution in [1.82, 2.24) is 9.03 Å². The van der Waals surface area contributed by atoms with Crippen molar-refractivity contribution < 1.29 is 21.6 Å². The summed E-state index contributed by atoms with van der Waals surface area (Å²) in [6, 6.07) is 18.3. The maximum absolute atomic E-state index is 13.4. The number of nitrogens with zero attached hydrogens (tertiary/aromatic N) is 1. The van der Waals surface area contributed by atoms with Crippen LogP contribution in [0.15, 0.2) is 76.5 Å². The highest BCUT2D eigenvalue weighted by Crippen LogP contribution is 2.33. The highest BCUT2D eigenvalue weighted by molar-refractivity contribution is 7.89. The van der Waals surface area contributed by atoms with E-state index < -0.39 is 20.0 Å². The van der Waals surface area contributed by atoms with E-state index in [1.165, 1.54) is 16.4 Å². The molecule has 1 fully saturated rings. The van der Waals surface area contributed by atoms with Crippen molar-refractivity contribution in [3.63, 3.8) is 0 Å². The number of hydrogen-bond acceptors (Lipinski definition) is 5. The molecule has 3 aromatic rings. The molecule has 4 rings (SSSR count). The predicted molar refractivity (Wildman–Crippen MR) is 119 cm³/mol. The zero-order valence-electron chi connectivity index (χ0n) is 17.1. The zero-order chi connectivity index (χ0) is 22.1. The summed E-state index contributed by atoms with van der Waals surface area (Å²) in [5, 5.41) is 1.34. The minimum absolute atomic E-state index is 0.203. The normalized spacial score (nSPS) is 16.4. The van der Waals surface area contributed by atoms with Crippen LogP contribution < -0.4 is 9.46 Å². The lowest BCUT2D eigenvalue weighted by molar-refractivity contribution is 0.308. The Balaban J connectivity index is 1.52. The second-order valence-corrected chi connectivity index (χ2v) is 11.0. The highest BCUT2D eigenvalue weighted by atomic mass is 32.2. The van der Waals surface area contributed by atoms with Crippen molar-refractivity contribution in [1.29, 1.82) is 0 Å². The van der Waals surface area contributed by atoms with E-state index in [4.69, 9.17) is 4.74 Å². The number of methoxy groups -OCH3 is 1. The minimum Gasteiger partial charge on any atom is -0.496 e. The molecular weight excluding hydrogens is 436 g/mol. The second-order valence-electron chi connectivity index (χ2n) is 7.42. The smallest absolute Gasteiger partial charge is 0.243 e. The molecule has 9 heteroatoms. The van der Waals surface area contributed by atoms with Gasteiger partial charge in [-0.05, 0) is 37.1 Å². The van der Waals surface area contributed by atoms with E-state index in [0.717, 1.165) is 5.39 Å². The summed E-state index contributed by atoms with van der Waals surface area (Å²) in [4.78, 5) is 0.432. The van der Waals surface area contributed by atoms with Crippen LogP contribution in [0.5, 0.6) is 5.75 Å². The summed E-state index contributed by atoms with van der Waals surface area (Å²) in [5.74, 6) is 0.614. The van der Waals surface area contributed by atoms with E-state index in [1.54, 1.807) is 49.6 Å². The summed E-state index contributed by atoms with van der Waals surface area (Å²) >= 11 is 0. The van der Waals surface area contributed by atoms with Gasteiger partial charge in [0, 0.05) is 29.9 Å². The molecule has 7 nitrogen and oxygen atoms in total. The Morgan fingerprint density at radius 2 is 1.45 bits per heavy atom. The van der Waals surface area contributed by atoms with E-state index in [2.05, 4.69) is 4.72 Å². The van der Waals surface area contributed by atoms with Crippen LogP contribution in [0.1, 0.15) is 12.8 Å². The Kier molecular flexibility index (Phi) is 6.02. The Labute approximate surface area is 182 Å². The summed E-state index contributed by atoms with van der Waals surface area (Å²) in [6.45, 7) is 0.481. The van der Waals surface area contributed by atoms with Gasteiger partial charge in [-0.1, -0.05) is 42.5 Å². The standard InChI is InChI=1S/C22H24N2O5S2/c1-29-21-11-12-22(20-10-6-5-9-19(20)21)31(27,28)24-15-13-17(14-16-24)23-30(25,26)18-7-3-2-4-8-18/h2-12,17,23H,13-16H2,1H3. The van der Waals surface area contributed by atoms with E-state index in [0.29, 0.717) is 24.0 Å². The van der Waals surface area contributed by atoms with Crippen LogP contribution in [0.3, 0.4) is 0 Å². The van der Waals surface area contributed by atoms with Gasteiger partial charge in [0.15, 0.2) is 0 Å². The van der Waals surface area contributed by atoms with Gasteiger partial charge in [-0.15, -0.1) is 0 Å². The fraction of sp³-hybridized carbons (Fsp3) is 0.273. The van der Waals surface area contributed by atoms with Crippen LogP contribution in [0.25, 0.3) is 10.8 Å². The quantitative estimate of drug-likeness (QED) is 0.611. The van der Waals surface area contributed by atoms with E-state index >= 15 is 0 Å². The topological polar surface area (TPSA) is 92.8 Å².